The van der Waals surface area contributed by atoms with Crippen LogP contribution in [0.5, 0.6) is 0 Å². The molecule has 14 heavy (non-hydrogen) atoms. The van der Waals surface area contributed by atoms with Crippen LogP contribution in [-0.2, 0) is 4.79 Å². The molecule has 0 aromatic heterocycles. The third-order valence-corrected chi connectivity index (χ3v) is 2.76. The molecule has 2 fully saturated rings. The van der Waals surface area contributed by atoms with Crippen molar-refractivity contribution >= 4 is 11.9 Å². The van der Waals surface area contributed by atoms with Crippen molar-refractivity contribution in [2.24, 2.45) is 0 Å². The standard InChI is InChI=1S/C9H15N3O2/c1-6-8(13)12(9(14)11-6)7-4-2-3-5-10-7/h6-7,10H,2-5H2,1H3,(H,11,14). The molecule has 2 heterocycles. The molecule has 2 rings (SSSR count). The second kappa shape index (κ2) is 3.57. The Morgan fingerprint density at radius 3 is 2.64 bits per heavy atom. The van der Waals surface area contributed by atoms with Gasteiger partial charge in [-0.05, 0) is 32.7 Å². The predicted molar refractivity (Wildman–Crippen MR) is 50.5 cm³/mol. The number of nitrogens with zero attached hydrogens (tertiary/aromatic N) is 1. The summed E-state index contributed by atoms with van der Waals surface area (Å²) in [6, 6.07) is -0.631. The molecule has 0 bridgehead atoms. The van der Waals surface area contributed by atoms with Crippen LogP contribution >= 0.6 is 0 Å². The topological polar surface area (TPSA) is 61.4 Å². The van der Waals surface area contributed by atoms with Crippen molar-refractivity contribution in [3.05, 3.63) is 0 Å². The van der Waals surface area contributed by atoms with E-state index in [-0.39, 0.29) is 24.1 Å². The molecule has 0 saturated carbocycles. The van der Waals surface area contributed by atoms with E-state index in [1.165, 1.54) is 4.90 Å². The molecule has 0 aromatic carbocycles. The highest BCUT2D eigenvalue weighted by Crippen LogP contribution is 2.16. The maximum Gasteiger partial charge on any atom is 0.326 e. The highest BCUT2D eigenvalue weighted by molar-refractivity contribution is 6.04. The third-order valence-electron chi connectivity index (χ3n) is 2.76. The van der Waals surface area contributed by atoms with Gasteiger partial charge in [-0.1, -0.05) is 0 Å². The van der Waals surface area contributed by atoms with Gasteiger partial charge in [-0.3, -0.25) is 10.1 Å². The molecule has 2 atom stereocenters. The molecule has 5 heteroatoms. The molecule has 2 saturated heterocycles. The number of hydrogen-bond donors (Lipinski definition) is 2. The smallest absolute Gasteiger partial charge is 0.326 e. The van der Waals surface area contributed by atoms with Crippen LogP contribution in [0.15, 0.2) is 0 Å². The molecule has 3 amide bonds. The summed E-state index contributed by atoms with van der Waals surface area (Å²) in [5.74, 6) is -0.116. The highest BCUT2D eigenvalue weighted by atomic mass is 16.2. The van der Waals surface area contributed by atoms with E-state index >= 15 is 0 Å². The fourth-order valence-electron chi connectivity index (χ4n) is 1.97. The normalized spacial score (nSPS) is 33.4. The quantitative estimate of drug-likeness (QED) is 0.583. The maximum absolute atomic E-state index is 11.6. The van der Waals surface area contributed by atoms with Crippen LogP contribution in [0.2, 0.25) is 0 Å². The molecule has 0 aliphatic carbocycles. The second-order valence-corrected chi connectivity index (χ2v) is 3.85. The van der Waals surface area contributed by atoms with Crippen molar-refractivity contribution in [1.82, 2.24) is 15.5 Å². The first kappa shape index (κ1) is 9.45. The molecular weight excluding hydrogens is 182 g/mol. The molecule has 2 N–H and O–H groups in total. The lowest BCUT2D eigenvalue weighted by atomic mass is 10.1. The first-order valence-electron chi connectivity index (χ1n) is 5.07. The van der Waals surface area contributed by atoms with Gasteiger partial charge in [0.05, 0.1) is 6.17 Å². The Morgan fingerprint density at radius 1 is 1.36 bits per heavy atom. The Morgan fingerprint density at radius 2 is 2.14 bits per heavy atom. The zero-order valence-corrected chi connectivity index (χ0v) is 8.25. The van der Waals surface area contributed by atoms with Crippen LogP contribution < -0.4 is 10.6 Å². The van der Waals surface area contributed by atoms with Gasteiger partial charge in [-0.25, -0.2) is 9.69 Å². The predicted octanol–water partition coefficient (Wildman–Crippen LogP) is 0.0263. The Balaban J connectivity index is 2.08. The monoisotopic (exact) mass is 197 g/mol. The SMILES string of the molecule is CC1NC(=O)N(C2CCCCN2)C1=O. The van der Waals surface area contributed by atoms with E-state index in [9.17, 15) is 9.59 Å². The average Bonchev–Trinajstić information content (AvgIpc) is 2.43. The van der Waals surface area contributed by atoms with E-state index < -0.39 is 0 Å². The fraction of sp³-hybridized carbons (Fsp3) is 0.778. The third kappa shape index (κ3) is 1.48. The van der Waals surface area contributed by atoms with E-state index in [4.69, 9.17) is 0 Å². The molecular formula is C9H15N3O2. The van der Waals surface area contributed by atoms with Crippen molar-refractivity contribution in [2.75, 3.05) is 6.54 Å². The molecule has 0 radical (unpaired) electrons. The zero-order valence-electron chi connectivity index (χ0n) is 8.25. The van der Waals surface area contributed by atoms with Gasteiger partial charge in [0.15, 0.2) is 0 Å². The first-order valence-corrected chi connectivity index (χ1v) is 5.07. The number of piperidine rings is 1. The van der Waals surface area contributed by atoms with Crippen molar-refractivity contribution < 1.29 is 9.59 Å². The number of urea groups is 1. The fourth-order valence-corrected chi connectivity index (χ4v) is 1.97. The Bertz CT molecular complexity index is 261. The Labute approximate surface area is 82.8 Å². The molecule has 2 aliphatic heterocycles. The lowest BCUT2D eigenvalue weighted by Gasteiger charge is -2.29. The molecule has 2 unspecified atom stereocenters. The van der Waals surface area contributed by atoms with Crippen LogP contribution in [0.25, 0.3) is 0 Å². The number of imide groups is 1. The van der Waals surface area contributed by atoms with Crippen LogP contribution in [0, 0.1) is 0 Å². The van der Waals surface area contributed by atoms with Crippen LogP contribution in [0.3, 0.4) is 0 Å². The second-order valence-electron chi connectivity index (χ2n) is 3.85. The number of hydrogen-bond acceptors (Lipinski definition) is 3. The van der Waals surface area contributed by atoms with E-state index in [1.807, 2.05) is 0 Å². The molecule has 2 aliphatic rings. The Hall–Kier alpha value is -1.10. The first-order chi connectivity index (χ1) is 6.70. The van der Waals surface area contributed by atoms with Gasteiger partial charge < -0.3 is 5.32 Å². The molecule has 0 spiro atoms. The van der Waals surface area contributed by atoms with Crippen LogP contribution in [-0.4, -0.2) is 35.6 Å². The lowest BCUT2D eigenvalue weighted by Crippen LogP contribution is -2.51. The van der Waals surface area contributed by atoms with Gasteiger partial charge in [0, 0.05) is 0 Å². The molecule has 0 aromatic rings. The summed E-state index contributed by atoms with van der Waals surface area (Å²) in [4.78, 5) is 24.4. The van der Waals surface area contributed by atoms with Gasteiger partial charge >= 0.3 is 6.03 Å². The minimum Gasteiger partial charge on any atom is -0.326 e. The van der Waals surface area contributed by atoms with Crippen molar-refractivity contribution in [3.8, 4) is 0 Å². The van der Waals surface area contributed by atoms with Gasteiger partial charge in [-0.2, -0.15) is 0 Å². The average molecular weight is 197 g/mol. The van der Waals surface area contributed by atoms with E-state index in [1.54, 1.807) is 6.92 Å². The van der Waals surface area contributed by atoms with Crippen LogP contribution in [0.1, 0.15) is 26.2 Å². The minimum atomic E-state index is -0.369. The van der Waals surface area contributed by atoms with Gasteiger partial charge in [0.1, 0.15) is 6.04 Å². The summed E-state index contributed by atoms with van der Waals surface area (Å²) in [5.41, 5.74) is 0. The molecule has 78 valence electrons. The number of carbonyl (C=O) groups is 2. The van der Waals surface area contributed by atoms with E-state index in [0.29, 0.717) is 0 Å². The van der Waals surface area contributed by atoms with Gasteiger partial charge in [-0.15, -0.1) is 0 Å². The van der Waals surface area contributed by atoms with Gasteiger partial charge in [0.2, 0.25) is 0 Å². The number of carbonyl (C=O) groups excluding carboxylic acids is 2. The summed E-state index contributed by atoms with van der Waals surface area (Å²) in [6.45, 7) is 2.60. The zero-order chi connectivity index (χ0) is 10.1. The van der Waals surface area contributed by atoms with Crippen molar-refractivity contribution in [3.63, 3.8) is 0 Å². The van der Waals surface area contributed by atoms with E-state index in [2.05, 4.69) is 10.6 Å². The van der Waals surface area contributed by atoms with Crippen LogP contribution in [0.4, 0.5) is 4.79 Å². The summed E-state index contributed by atoms with van der Waals surface area (Å²) in [5, 5.41) is 5.80. The highest BCUT2D eigenvalue weighted by Gasteiger charge is 2.39. The lowest BCUT2D eigenvalue weighted by molar-refractivity contribution is -0.129. The van der Waals surface area contributed by atoms with Crippen molar-refractivity contribution in [2.45, 2.75) is 38.4 Å². The summed E-state index contributed by atoms with van der Waals surface area (Å²) < 4.78 is 0. The van der Waals surface area contributed by atoms with Gasteiger partial charge in [0.25, 0.3) is 5.91 Å². The number of amides is 3. The van der Waals surface area contributed by atoms with E-state index in [0.717, 1.165) is 25.8 Å². The minimum absolute atomic E-state index is 0.0961. The molecule has 5 nitrogen and oxygen atoms in total. The number of rotatable bonds is 1. The largest absolute Gasteiger partial charge is 0.326 e. The summed E-state index contributed by atoms with van der Waals surface area (Å²) in [6.07, 6.45) is 2.96. The summed E-state index contributed by atoms with van der Waals surface area (Å²) in [7, 11) is 0. The Kier molecular flexibility index (Phi) is 2.41. The maximum atomic E-state index is 11.6. The van der Waals surface area contributed by atoms with Crippen molar-refractivity contribution in [1.29, 1.82) is 0 Å². The summed E-state index contributed by atoms with van der Waals surface area (Å²) >= 11 is 0. The number of nitrogens with one attached hydrogen (secondary N) is 2.